The highest BCUT2D eigenvalue weighted by Gasteiger charge is 2.19. The Labute approximate surface area is 121 Å². The summed E-state index contributed by atoms with van der Waals surface area (Å²) in [6.07, 6.45) is 0.561. The molecule has 0 aromatic heterocycles. The summed E-state index contributed by atoms with van der Waals surface area (Å²) in [5.41, 5.74) is -0.0398. The first kappa shape index (κ1) is 16.9. The number of aliphatic hydroxyl groups is 1. The van der Waals surface area contributed by atoms with Crippen LogP contribution >= 0.6 is 0 Å². The van der Waals surface area contributed by atoms with Crippen molar-refractivity contribution in [2.24, 2.45) is 5.92 Å². The van der Waals surface area contributed by atoms with E-state index in [1.54, 1.807) is 13.0 Å². The van der Waals surface area contributed by atoms with Gasteiger partial charge in [-0.3, -0.25) is 0 Å². The minimum Gasteiger partial charge on any atom is -0.488 e. The zero-order chi connectivity index (χ0) is 15.2. The van der Waals surface area contributed by atoms with Gasteiger partial charge in [-0.25, -0.2) is 4.39 Å². The van der Waals surface area contributed by atoms with E-state index < -0.39 is 5.60 Å². The molecule has 0 aliphatic heterocycles. The van der Waals surface area contributed by atoms with Crippen LogP contribution in [0.5, 0.6) is 5.75 Å². The molecule has 0 aliphatic carbocycles. The van der Waals surface area contributed by atoms with Gasteiger partial charge in [-0.1, -0.05) is 26.8 Å². The minimum absolute atomic E-state index is 0.0887. The standard InChI is InChI=1S/C16H26FNO2/c1-5-16(4,19)11-20-15-7-6-13(8-14(15)17)10-18-9-12(2)3/h6-8,12,18-19H,5,9-11H2,1-4H3. The second-order valence-corrected chi connectivity index (χ2v) is 5.93. The molecular weight excluding hydrogens is 257 g/mol. The maximum absolute atomic E-state index is 13.9. The zero-order valence-corrected chi connectivity index (χ0v) is 12.9. The Bertz CT molecular complexity index is 419. The average Bonchev–Trinajstić information content (AvgIpc) is 2.37. The fraction of sp³-hybridized carbons (Fsp3) is 0.625. The highest BCUT2D eigenvalue weighted by atomic mass is 19.1. The Hall–Kier alpha value is -1.13. The molecule has 2 N–H and O–H groups in total. The number of benzene rings is 1. The van der Waals surface area contributed by atoms with Gasteiger partial charge in [0, 0.05) is 6.54 Å². The Kier molecular flexibility index (Phi) is 6.43. The van der Waals surface area contributed by atoms with Crippen LogP contribution in [-0.2, 0) is 6.54 Å². The molecule has 0 amide bonds. The smallest absolute Gasteiger partial charge is 0.165 e. The Morgan fingerprint density at radius 2 is 2.10 bits per heavy atom. The predicted octanol–water partition coefficient (Wildman–Crippen LogP) is 3.11. The molecule has 0 aliphatic rings. The van der Waals surface area contributed by atoms with E-state index in [4.69, 9.17) is 4.74 Å². The lowest BCUT2D eigenvalue weighted by Gasteiger charge is -2.21. The molecule has 0 heterocycles. The summed E-state index contributed by atoms with van der Waals surface area (Å²) in [6.45, 7) is 9.43. The van der Waals surface area contributed by atoms with Crippen LogP contribution in [0.3, 0.4) is 0 Å². The van der Waals surface area contributed by atoms with Gasteiger partial charge >= 0.3 is 0 Å². The number of nitrogens with one attached hydrogen (secondary N) is 1. The van der Waals surface area contributed by atoms with Crippen LogP contribution < -0.4 is 10.1 Å². The third-order valence-corrected chi connectivity index (χ3v) is 3.18. The highest BCUT2D eigenvalue weighted by Crippen LogP contribution is 2.20. The molecule has 3 nitrogen and oxygen atoms in total. The molecule has 0 bridgehead atoms. The van der Waals surface area contributed by atoms with Crippen LogP contribution in [0.25, 0.3) is 0 Å². The normalized spacial score (nSPS) is 14.3. The van der Waals surface area contributed by atoms with Gasteiger partial charge in [-0.15, -0.1) is 0 Å². The first-order valence-electron chi connectivity index (χ1n) is 7.18. The van der Waals surface area contributed by atoms with E-state index in [0.29, 0.717) is 18.9 Å². The van der Waals surface area contributed by atoms with Crippen molar-refractivity contribution >= 4 is 0 Å². The number of hydrogen-bond donors (Lipinski definition) is 2. The van der Waals surface area contributed by atoms with Crippen LogP contribution in [0.2, 0.25) is 0 Å². The monoisotopic (exact) mass is 283 g/mol. The Morgan fingerprint density at radius 1 is 1.40 bits per heavy atom. The third kappa shape index (κ3) is 5.88. The molecule has 4 heteroatoms. The average molecular weight is 283 g/mol. The van der Waals surface area contributed by atoms with E-state index in [9.17, 15) is 9.50 Å². The molecular formula is C16H26FNO2. The van der Waals surface area contributed by atoms with Crippen molar-refractivity contribution in [2.75, 3.05) is 13.2 Å². The maximum atomic E-state index is 13.9. The molecule has 1 aromatic carbocycles. The number of hydrogen-bond acceptors (Lipinski definition) is 3. The summed E-state index contributed by atoms with van der Waals surface area (Å²) >= 11 is 0. The first-order chi connectivity index (χ1) is 9.34. The van der Waals surface area contributed by atoms with Gasteiger partial charge < -0.3 is 15.2 Å². The van der Waals surface area contributed by atoms with E-state index in [-0.39, 0.29) is 18.2 Å². The van der Waals surface area contributed by atoms with Gasteiger partial charge in [0.15, 0.2) is 11.6 Å². The molecule has 0 fully saturated rings. The Morgan fingerprint density at radius 3 is 2.65 bits per heavy atom. The van der Waals surface area contributed by atoms with Crippen molar-refractivity contribution in [1.29, 1.82) is 0 Å². The summed E-state index contributed by atoms with van der Waals surface area (Å²) in [4.78, 5) is 0. The SMILES string of the molecule is CCC(C)(O)COc1ccc(CNCC(C)C)cc1F. The molecule has 20 heavy (non-hydrogen) atoms. The third-order valence-electron chi connectivity index (χ3n) is 3.18. The van der Waals surface area contributed by atoms with E-state index in [1.165, 1.54) is 6.07 Å². The van der Waals surface area contributed by atoms with Gasteiger partial charge in [0.25, 0.3) is 0 Å². The molecule has 0 radical (unpaired) electrons. The van der Waals surface area contributed by atoms with Crippen molar-refractivity contribution in [1.82, 2.24) is 5.32 Å². The van der Waals surface area contributed by atoms with Crippen molar-refractivity contribution in [3.8, 4) is 5.75 Å². The van der Waals surface area contributed by atoms with E-state index >= 15 is 0 Å². The van der Waals surface area contributed by atoms with Gasteiger partial charge in [-0.05, 0) is 43.5 Å². The molecule has 1 rings (SSSR count). The predicted molar refractivity (Wildman–Crippen MR) is 79.4 cm³/mol. The summed E-state index contributed by atoms with van der Waals surface area (Å²) in [6, 6.07) is 4.93. The molecule has 1 aromatic rings. The van der Waals surface area contributed by atoms with Crippen LogP contribution in [0.15, 0.2) is 18.2 Å². The summed E-state index contributed by atoms with van der Waals surface area (Å²) < 4.78 is 19.2. The summed E-state index contributed by atoms with van der Waals surface area (Å²) in [7, 11) is 0. The number of ether oxygens (including phenoxy) is 1. The topological polar surface area (TPSA) is 41.5 Å². The van der Waals surface area contributed by atoms with Gasteiger partial charge in [0.05, 0.1) is 5.60 Å². The maximum Gasteiger partial charge on any atom is 0.165 e. The van der Waals surface area contributed by atoms with Crippen molar-refractivity contribution in [3.63, 3.8) is 0 Å². The first-order valence-corrected chi connectivity index (χ1v) is 7.18. The second kappa shape index (κ2) is 7.60. The van der Waals surface area contributed by atoms with Crippen LogP contribution in [-0.4, -0.2) is 23.9 Å². The van der Waals surface area contributed by atoms with Crippen molar-refractivity contribution in [2.45, 2.75) is 46.3 Å². The highest BCUT2D eigenvalue weighted by molar-refractivity contribution is 5.29. The largest absolute Gasteiger partial charge is 0.488 e. The summed E-state index contributed by atoms with van der Waals surface area (Å²) in [5.74, 6) is 0.366. The van der Waals surface area contributed by atoms with Crippen LogP contribution in [0.1, 0.15) is 39.7 Å². The number of halogens is 1. The van der Waals surface area contributed by atoms with Crippen LogP contribution in [0.4, 0.5) is 4.39 Å². The van der Waals surface area contributed by atoms with Gasteiger partial charge in [0.1, 0.15) is 6.61 Å². The molecule has 0 saturated heterocycles. The quantitative estimate of drug-likeness (QED) is 0.770. The van der Waals surface area contributed by atoms with Crippen LogP contribution in [0, 0.1) is 11.7 Å². The van der Waals surface area contributed by atoms with Crippen molar-refractivity contribution < 1.29 is 14.2 Å². The van der Waals surface area contributed by atoms with Gasteiger partial charge in [0.2, 0.25) is 0 Å². The van der Waals surface area contributed by atoms with E-state index in [2.05, 4.69) is 19.2 Å². The van der Waals surface area contributed by atoms with E-state index in [1.807, 2.05) is 13.0 Å². The summed E-state index contributed by atoms with van der Waals surface area (Å²) in [5, 5.41) is 13.1. The molecule has 1 unspecified atom stereocenters. The zero-order valence-electron chi connectivity index (χ0n) is 12.9. The fourth-order valence-electron chi connectivity index (χ4n) is 1.61. The fourth-order valence-corrected chi connectivity index (χ4v) is 1.61. The molecule has 0 saturated carbocycles. The van der Waals surface area contributed by atoms with E-state index in [0.717, 1.165) is 12.1 Å². The second-order valence-electron chi connectivity index (χ2n) is 5.93. The molecule has 114 valence electrons. The van der Waals surface area contributed by atoms with Crippen molar-refractivity contribution in [3.05, 3.63) is 29.6 Å². The lowest BCUT2D eigenvalue weighted by molar-refractivity contribution is 0.00733. The number of rotatable bonds is 8. The molecule has 1 atom stereocenters. The molecule has 0 spiro atoms. The Balaban J connectivity index is 2.55. The lowest BCUT2D eigenvalue weighted by atomic mass is 10.1. The minimum atomic E-state index is -0.927. The van der Waals surface area contributed by atoms with Gasteiger partial charge in [-0.2, -0.15) is 0 Å². The lowest BCUT2D eigenvalue weighted by Crippen LogP contribution is -2.31.